The fourth-order valence-corrected chi connectivity index (χ4v) is 2.75. The van der Waals surface area contributed by atoms with Crippen molar-refractivity contribution in [3.8, 4) is 0 Å². The molecule has 0 atom stereocenters. The van der Waals surface area contributed by atoms with E-state index in [1.807, 2.05) is 12.1 Å². The van der Waals surface area contributed by atoms with Crippen LogP contribution in [0.25, 0.3) is 0 Å². The third-order valence-corrected chi connectivity index (χ3v) is 2.27. The first-order valence-electron chi connectivity index (χ1n) is 2.40. The van der Waals surface area contributed by atoms with E-state index in [-0.39, 0.29) is 0 Å². The van der Waals surface area contributed by atoms with Crippen LogP contribution in [0, 0.1) is 0 Å². The molecule has 1 aromatic rings. The molecule has 0 saturated carbocycles. The van der Waals surface area contributed by atoms with E-state index in [1.165, 1.54) is 3.58 Å². The van der Waals surface area contributed by atoms with Gasteiger partial charge in [0.05, 0.1) is 0 Å². The maximum absolute atomic E-state index is 5.69. The minimum atomic E-state index is 0.727. The zero-order valence-corrected chi connectivity index (χ0v) is 9.37. The second-order valence-electron chi connectivity index (χ2n) is 1.70. The van der Waals surface area contributed by atoms with Gasteiger partial charge in [-0.1, -0.05) is 0 Å². The van der Waals surface area contributed by atoms with Gasteiger partial charge in [-0.15, -0.1) is 0 Å². The van der Waals surface area contributed by atoms with Crippen molar-refractivity contribution in [3.63, 3.8) is 0 Å². The molecule has 0 spiro atoms. The van der Waals surface area contributed by atoms with Crippen LogP contribution in [0.5, 0.6) is 0 Å². The Kier molecular flexibility index (Phi) is 2.68. The van der Waals surface area contributed by atoms with Crippen molar-refractivity contribution in [2.24, 2.45) is 0 Å². The van der Waals surface area contributed by atoms with Crippen LogP contribution in [0.15, 0.2) is 18.2 Å². The maximum atomic E-state index is 5.69. The van der Waals surface area contributed by atoms with E-state index < -0.39 is 0 Å². The van der Waals surface area contributed by atoms with E-state index in [4.69, 9.17) is 23.2 Å². The molecule has 0 aliphatic rings. The Morgan fingerprint density at radius 1 is 1.00 bits per heavy atom. The third-order valence-electron chi connectivity index (χ3n) is 0.885. The van der Waals surface area contributed by atoms with E-state index in [0.29, 0.717) is 0 Å². The van der Waals surface area contributed by atoms with Crippen LogP contribution < -0.4 is 3.58 Å². The first kappa shape index (κ1) is 7.70. The first-order chi connectivity index (χ1) is 4.18. The summed E-state index contributed by atoms with van der Waals surface area (Å²) in [5.41, 5.74) is 0. The molecule has 1 rings (SSSR count). The second-order valence-corrected chi connectivity index (χ2v) is 4.48. The van der Waals surface area contributed by atoms with Crippen LogP contribution in [0.3, 0.4) is 0 Å². The van der Waals surface area contributed by atoms with Crippen LogP contribution in [-0.2, 0) is 0 Å². The van der Waals surface area contributed by atoms with Crippen molar-refractivity contribution in [2.45, 2.75) is 0 Å². The fourth-order valence-electron chi connectivity index (χ4n) is 0.575. The molecule has 0 heterocycles. The summed E-state index contributed by atoms with van der Waals surface area (Å²) in [5, 5.41) is 1.45. The molecule has 0 nitrogen and oxygen atoms in total. The predicted molar refractivity (Wildman–Crippen MR) is 43.2 cm³/mol. The van der Waals surface area contributed by atoms with E-state index in [2.05, 4.69) is 0 Å². The van der Waals surface area contributed by atoms with Crippen LogP contribution in [-0.4, -0.2) is 22.5 Å². The van der Waals surface area contributed by atoms with E-state index in [1.54, 1.807) is 6.07 Å². The average Bonchev–Trinajstić information content (AvgIpc) is 1.59. The Balaban J connectivity index is 3.17. The Labute approximate surface area is 77.2 Å². The molecule has 0 aliphatic heterocycles. The Bertz CT molecular complexity index is 172. The summed E-state index contributed by atoms with van der Waals surface area (Å²) in [6.07, 6.45) is 0. The molecule has 9 heavy (non-hydrogen) atoms. The van der Waals surface area contributed by atoms with Crippen molar-refractivity contribution in [2.75, 3.05) is 0 Å². The van der Waals surface area contributed by atoms with E-state index >= 15 is 0 Å². The van der Waals surface area contributed by atoms with Crippen molar-refractivity contribution in [3.05, 3.63) is 28.2 Å². The van der Waals surface area contributed by atoms with Crippen LogP contribution >= 0.6 is 23.2 Å². The van der Waals surface area contributed by atoms with Gasteiger partial charge >= 0.3 is 77.6 Å². The molecule has 0 saturated heterocycles. The molecular formula is C6H4Cl2Sn. The molecule has 0 aliphatic carbocycles. The normalized spacial score (nSPS) is 9.67. The molecule has 0 aromatic heterocycles. The number of hydrogen-bond acceptors (Lipinski definition) is 0. The van der Waals surface area contributed by atoms with Gasteiger partial charge < -0.3 is 0 Å². The average molecular weight is 266 g/mol. The molecule has 46 valence electrons. The molecule has 0 unspecified atom stereocenters. The summed E-state index contributed by atoms with van der Waals surface area (Å²) in [6.45, 7) is 0. The molecule has 3 heteroatoms. The summed E-state index contributed by atoms with van der Waals surface area (Å²) in [7, 11) is 0. The van der Waals surface area contributed by atoms with Crippen LogP contribution in [0.1, 0.15) is 0 Å². The topological polar surface area (TPSA) is 0 Å². The molecule has 0 bridgehead atoms. The molecule has 0 fully saturated rings. The molecule has 0 N–H and O–H groups in total. The van der Waals surface area contributed by atoms with Gasteiger partial charge in [0.1, 0.15) is 0 Å². The van der Waals surface area contributed by atoms with Crippen LogP contribution in [0.2, 0.25) is 10.0 Å². The van der Waals surface area contributed by atoms with Gasteiger partial charge in [0.15, 0.2) is 0 Å². The monoisotopic (exact) mass is 266 g/mol. The summed E-state index contributed by atoms with van der Waals surface area (Å²) in [5.74, 6) is 0. The summed E-state index contributed by atoms with van der Waals surface area (Å²) in [4.78, 5) is 0. The van der Waals surface area contributed by atoms with Gasteiger partial charge in [0, 0.05) is 0 Å². The predicted octanol–water partition coefficient (Wildman–Crippen LogP) is 1.52. The van der Waals surface area contributed by atoms with Gasteiger partial charge in [-0.25, -0.2) is 0 Å². The third kappa shape index (κ3) is 2.36. The van der Waals surface area contributed by atoms with Gasteiger partial charge in [-0.2, -0.15) is 0 Å². The number of benzene rings is 1. The standard InChI is InChI=1S/C6H3Cl2.Sn.H/c7-5-2-1-3-6(8)4-5;;/h2-4H;;. The zero-order chi connectivity index (χ0) is 6.85. The van der Waals surface area contributed by atoms with Gasteiger partial charge in [0.2, 0.25) is 0 Å². The van der Waals surface area contributed by atoms with Gasteiger partial charge in [0.25, 0.3) is 0 Å². The van der Waals surface area contributed by atoms with Crippen molar-refractivity contribution >= 4 is 49.3 Å². The second kappa shape index (κ2) is 3.13. The van der Waals surface area contributed by atoms with E-state index in [9.17, 15) is 0 Å². The molecule has 2 radical (unpaired) electrons. The number of rotatable bonds is 0. The number of halogens is 2. The van der Waals surface area contributed by atoms with E-state index in [0.717, 1.165) is 32.6 Å². The van der Waals surface area contributed by atoms with Crippen LogP contribution in [0.4, 0.5) is 0 Å². The summed E-state index contributed by atoms with van der Waals surface area (Å²) < 4.78 is 1.22. The molecular weight excluding hydrogens is 262 g/mol. The summed E-state index contributed by atoms with van der Waals surface area (Å²) in [6, 6.07) is 5.59. The quantitative estimate of drug-likeness (QED) is 0.624. The molecule has 1 aromatic carbocycles. The van der Waals surface area contributed by atoms with Crippen molar-refractivity contribution in [1.82, 2.24) is 0 Å². The SMILES string of the molecule is Clc1cc(Cl)c[c]([SnH])c1. The Morgan fingerprint density at radius 2 is 1.44 bits per heavy atom. The van der Waals surface area contributed by atoms with Crippen molar-refractivity contribution < 1.29 is 0 Å². The first-order valence-corrected chi connectivity index (χ1v) is 4.80. The molecule has 0 amide bonds. The van der Waals surface area contributed by atoms with Gasteiger partial charge in [-0.05, 0) is 0 Å². The minimum absolute atomic E-state index is 0.727. The van der Waals surface area contributed by atoms with Crippen molar-refractivity contribution in [1.29, 1.82) is 0 Å². The fraction of sp³-hybridized carbons (Fsp3) is 0. The summed E-state index contributed by atoms with van der Waals surface area (Å²) >= 11 is 12.4. The van der Waals surface area contributed by atoms with Gasteiger partial charge in [-0.3, -0.25) is 0 Å². The Hall–Kier alpha value is 0.599. The number of hydrogen-bond donors (Lipinski definition) is 0. The Morgan fingerprint density at radius 3 is 1.78 bits per heavy atom. The zero-order valence-electron chi connectivity index (χ0n) is 4.57.